The summed E-state index contributed by atoms with van der Waals surface area (Å²) in [7, 11) is 0. The molecule has 0 fully saturated rings. The van der Waals surface area contributed by atoms with Gasteiger partial charge in [-0.15, -0.1) is 0 Å². The second-order valence-corrected chi connectivity index (χ2v) is 5.42. The van der Waals surface area contributed by atoms with Gasteiger partial charge in [-0.2, -0.15) is 0 Å². The van der Waals surface area contributed by atoms with Gasteiger partial charge in [0.2, 0.25) is 0 Å². The maximum atomic E-state index is 12.7. The Labute approximate surface area is 147 Å². The van der Waals surface area contributed by atoms with Crippen LogP contribution in [0.4, 0.5) is 4.39 Å². The van der Waals surface area contributed by atoms with Crippen LogP contribution in [0, 0.1) is 5.82 Å². The first-order valence-corrected chi connectivity index (χ1v) is 7.40. The molecule has 0 heterocycles. The molecule has 0 amide bonds. The van der Waals surface area contributed by atoms with Crippen molar-refractivity contribution in [2.45, 2.75) is 13.1 Å². The van der Waals surface area contributed by atoms with Crippen LogP contribution in [-0.2, 0) is 22.7 Å². The average molecular weight is 374 g/mol. The molecule has 5 nitrogen and oxygen atoms in total. The van der Waals surface area contributed by atoms with Gasteiger partial charge in [0, 0.05) is 23.1 Å². The second-order valence-electron chi connectivity index (χ2n) is 4.58. The smallest absolute Gasteiger partial charge is 0.414 e. The highest BCUT2D eigenvalue weighted by atomic mass is 35.5. The maximum Gasteiger partial charge on any atom is 0.414 e. The zero-order chi connectivity index (χ0) is 18.1. The molecule has 0 spiro atoms. The van der Waals surface area contributed by atoms with E-state index in [0.717, 1.165) is 11.1 Å². The number of hydrogen-bond donors (Lipinski definition) is 3. The number of rotatable bonds is 4. The van der Waals surface area contributed by atoms with E-state index in [4.69, 9.17) is 43.0 Å². The van der Waals surface area contributed by atoms with E-state index in [2.05, 4.69) is 5.32 Å². The van der Waals surface area contributed by atoms with Crippen LogP contribution in [0.15, 0.2) is 42.5 Å². The zero-order valence-electron chi connectivity index (χ0n) is 12.3. The van der Waals surface area contributed by atoms with E-state index in [1.54, 1.807) is 18.2 Å². The molecule has 0 aliphatic carbocycles. The lowest BCUT2D eigenvalue weighted by Gasteiger charge is -2.07. The molecule has 3 N–H and O–H groups in total. The Hall–Kier alpha value is -2.15. The molecule has 2 rings (SSSR count). The summed E-state index contributed by atoms with van der Waals surface area (Å²) in [5, 5.41) is 19.3. The maximum absolute atomic E-state index is 12.7. The summed E-state index contributed by atoms with van der Waals surface area (Å²) in [5.74, 6) is -3.87. The van der Waals surface area contributed by atoms with Crippen molar-refractivity contribution in [2.75, 3.05) is 0 Å². The summed E-state index contributed by atoms with van der Waals surface area (Å²) >= 11 is 11.9. The van der Waals surface area contributed by atoms with Gasteiger partial charge in [-0.05, 0) is 35.4 Å². The van der Waals surface area contributed by atoms with Gasteiger partial charge in [0.1, 0.15) is 5.82 Å². The molecule has 0 atom stereocenters. The van der Waals surface area contributed by atoms with Crippen LogP contribution in [0.1, 0.15) is 11.1 Å². The van der Waals surface area contributed by atoms with Crippen molar-refractivity contribution in [1.82, 2.24) is 5.32 Å². The van der Waals surface area contributed by atoms with Crippen LogP contribution in [0.25, 0.3) is 0 Å². The average Bonchev–Trinajstić information content (AvgIpc) is 2.52. The number of aliphatic carboxylic acids is 2. The molecule has 0 aliphatic rings. The molecular weight excluding hydrogens is 360 g/mol. The van der Waals surface area contributed by atoms with Gasteiger partial charge < -0.3 is 15.5 Å². The quantitative estimate of drug-likeness (QED) is 0.713. The lowest BCUT2D eigenvalue weighted by Crippen LogP contribution is -2.12. The third-order valence-electron chi connectivity index (χ3n) is 2.76. The van der Waals surface area contributed by atoms with E-state index in [1.807, 2.05) is 12.1 Å². The lowest BCUT2D eigenvalue weighted by molar-refractivity contribution is -0.159. The van der Waals surface area contributed by atoms with E-state index in [-0.39, 0.29) is 5.82 Å². The summed E-state index contributed by atoms with van der Waals surface area (Å²) in [6.07, 6.45) is 0. The molecule has 0 saturated heterocycles. The second kappa shape index (κ2) is 9.87. The number of carboxylic acids is 2. The van der Waals surface area contributed by atoms with Crippen LogP contribution in [0.5, 0.6) is 0 Å². The summed E-state index contributed by atoms with van der Waals surface area (Å²) in [4.78, 5) is 18.2. The molecule has 8 heteroatoms. The van der Waals surface area contributed by atoms with E-state index in [0.29, 0.717) is 23.1 Å². The summed E-state index contributed by atoms with van der Waals surface area (Å²) < 4.78 is 12.7. The van der Waals surface area contributed by atoms with Crippen molar-refractivity contribution in [2.24, 2.45) is 0 Å². The predicted molar refractivity (Wildman–Crippen MR) is 88.7 cm³/mol. The van der Waals surface area contributed by atoms with E-state index >= 15 is 0 Å². The Morgan fingerprint density at radius 1 is 0.958 bits per heavy atom. The first-order valence-electron chi connectivity index (χ1n) is 6.65. The number of benzene rings is 2. The first kappa shape index (κ1) is 19.9. The van der Waals surface area contributed by atoms with Gasteiger partial charge in [-0.25, -0.2) is 14.0 Å². The largest absolute Gasteiger partial charge is 0.473 e. The SMILES string of the molecule is Fc1ccc(CNCc2ccc(Cl)cc2Cl)cc1.O=C(O)C(=O)O. The monoisotopic (exact) mass is 373 g/mol. The highest BCUT2D eigenvalue weighted by Gasteiger charge is 2.04. The molecule has 128 valence electrons. The van der Waals surface area contributed by atoms with Crippen LogP contribution in [0.2, 0.25) is 10.0 Å². The van der Waals surface area contributed by atoms with E-state index < -0.39 is 11.9 Å². The normalized spacial score (nSPS) is 9.79. The standard InChI is InChI=1S/C14H12Cl2FN.C2H2O4/c15-12-4-3-11(14(16)7-12)9-18-8-10-1-5-13(17)6-2-10;3-1(4)2(5)6/h1-7,18H,8-9H2;(H,3,4)(H,5,6). The summed E-state index contributed by atoms with van der Waals surface area (Å²) in [6, 6.07) is 11.8. The predicted octanol–water partition coefficient (Wildman–Crippen LogP) is 3.58. The van der Waals surface area contributed by atoms with Crippen molar-refractivity contribution in [3.05, 3.63) is 69.5 Å². The van der Waals surface area contributed by atoms with Crippen molar-refractivity contribution in [3.63, 3.8) is 0 Å². The highest BCUT2D eigenvalue weighted by molar-refractivity contribution is 6.35. The lowest BCUT2D eigenvalue weighted by atomic mass is 10.2. The van der Waals surface area contributed by atoms with Gasteiger partial charge in [0.05, 0.1) is 0 Å². The number of carboxylic acid groups (broad SMARTS) is 2. The van der Waals surface area contributed by atoms with E-state index in [9.17, 15) is 4.39 Å². The van der Waals surface area contributed by atoms with Gasteiger partial charge >= 0.3 is 11.9 Å². The fourth-order valence-corrected chi connectivity index (χ4v) is 2.08. The van der Waals surface area contributed by atoms with Gasteiger partial charge in [0.15, 0.2) is 0 Å². The van der Waals surface area contributed by atoms with Crippen molar-refractivity contribution in [1.29, 1.82) is 0 Å². The van der Waals surface area contributed by atoms with Crippen LogP contribution in [-0.4, -0.2) is 22.2 Å². The molecule has 0 bridgehead atoms. The summed E-state index contributed by atoms with van der Waals surface area (Å²) in [6.45, 7) is 1.31. The molecule has 0 aliphatic heterocycles. The number of nitrogens with one attached hydrogen (secondary N) is 1. The minimum absolute atomic E-state index is 0.223. The molecule has 2 aromatic rings. The summed E-state index contributed by atoms with van der Waals surface area (Å²) in [5.41, 5.74) is 2.02. The Morgan fingerprint density at radius 2 is 1.54 bits per heavy atom. The third kappa shape index (κ3) is 7.41. The molecule has 2 aromatic carbocycles. The number of carbonyl (C=O) groups is 2. The third-order valence-corrected chi connectivity index (χ3v) is 3.34. The van der Waals surface area contributed by atoms with E-state index in [1.165, 1.54) is 12.1 Å². The molecule has 0 radical (unpaired) electrons. The Kier molecular flexibility index (Phi) is 8.18. The number of halogens is 3. The molecule has 0 aromatic heterocycles. The Morgan fingerprint density at radius 3 is 2.04 bits per heavy atom. The van der Waals surface area contributed by atoms with Gasteiger partial charge in [0.25, 0.3) is 0 Å². The fourth-order valence-electron chi connectivity index (χ4n) is 1.61. The fraction of sp³-hybridized carbons (Fsp3) is 0.125. The van der Waals surface area contributed by atoms with Crippen LogP contribution >= 0.6 is 23.2 Å². The minimum Gasteiger partial charge on any atom is -0.473 e. The van der Waals surface area contributed by atoms with Crippen molar-refractivity contribution in [3.8, 4) is 0 Å². The molecular formula is C16H14Cl2FNO4. The Bertz CT molecular complexity index is 696. The molecule has 24 heavy (non-hydrogen) atoms. The molecule has 0 unspecified atom stereocenters. The van der Waals surface area contributed by atoms with Gasteiger partial charge in [-0.3, -0.25) is 0 Å². The minimum atomic E-state index is -1.82. The van der Waals surface area contributed by atoms with Crippen molar-refractivity contribution < 1.29 is 24.2 Å². The first-order chi connectivity index (χ1) is 11.3. The van der Waals surface area contributed by atoms with Crippen molar-refractivity contribution >= 4 is 35.1 Å². The van der Waals surface area contributed by atoms with Crippen LogP contribution in [0.3, 0.4) is 0 Å². The topological polar surface area (TPSA) is 86.6 Å². The number of hydrogen-bond acceptors (Lipinski definition) is 3. The zero-order valence-corrected chi connectivity index (χ0v) is 13.8. The highest BCUT2D eigenvalue weighted by Crippen LogP contribution is 2.20. The van der Waals surface area contributed by atoms with Gasteiger partial charge in [-0.1, -0.05) is 41.4 Å². The van der Waals surface area contributed by atoms with Crippen LogP contribution < -0.4 is 5.32 Å². The molecule has 0 saturated carbocycles. The Balaban J connectivity index is 0.000000413.